The molecule has 0 radical (unpaired) electrons. The molecule has 4 aliphatic carbocycles. The number of unbranched alkanes of at least 4 members (excludes halogenated alkanes) is 1. The van der Waals surface area contributed by atoms with Gasteiger partial charge in [-0.15, -0.1) is 0 Å². The van der Waals surface area contributed by atoms with Gasteiger partial charge >= 0.3 is 11.7 Å². The first kappa shape index (κ1) is 44.5. The fourth-order valence-electron chi connectivity index (χ4n) is 12.0. The number of carbonyl (C=O) groups is 2. The number of hydrogen-bond acceptors (Lipinski definition) is 13. The van der Waals surface area contributed by atoms with Gasteiger partial charge in [-0.3, -0.25) is 19.7 Å². The largest absolute Gasteiger partial charge is 0.463 e. The van der Waals surface area contributed by atoms with Crippen LogP contribution in [0.2, 0.25) is 0 Å². The molecule has 0 spiro atoms. The van der Waals surface area contributed by atoms with Crippen LogP contribution in [0.3, 0.4) is 0 Å². The van der Waals surface area contributed by atoms with Crippen LogP contribution in [0.15, 0.2) is 21.9 Å². The highest BCUT2D eigenvalue weighted by Crippen LogP contribution is 2.68. The summed E-state index contributed by atoms with van der Waals surface area (Å²) in [5, 5.41) is 29.3. The van der Waals surface area contributed by atoms with E-state index in [4.69, 9.17) is 30.1 Å². The SMILES string of the molecule is C[C@H](CCC(=O)OCCOCCOCCN=[N+]=[N-])C1CCC2C3CC[C@@H]4C[C@H](NC(=O)[C@H](CCCCN)Nc5ccc([N+](=O)[O-])c6nonc56)CC[C@]4(C)C3CC[C@@]21C. The molecule has 4 N–H and O–H groups in total. The molecule has 1 aromatic heterocycles. The van der Waals surface area contributed by atoms with Crippen molar-refractivity contribution in [1.82, 2.24) is 15.6 Å². The summed E-state index contributed by atoms with van der Waals surface area (Å²) in [6, 6.07) is 2.46. The molecule has 6 rings (SSSR count). The van der Waals surface area contributed by atoms with Crippen LogP contribution in [0.25, 0.3) is 21.5 Å². The van der Waals surface area contributed by atoms with Crippen molar-refractivity contribution in [2.45, 2.75) is 123 Å². The van der Waals surface area contributed by atoms with E-state index in [0.29, 0.717) is 93.1 Å². The van der Waals surface area contributed by atoms with E-state index in [1.54, 1.807) is 6.07 Å². The Kier molecular flexibility index (Phi) is 15.4. The zero-order chi connectivity index (χ0) is 42.0. The van der Waals surface area contributed by atoms with Crippen LogP contribution in [0, 0.1) is 56.5 Å². The molecule has 4 fully saturated rings. The predicted molar refractivity (Wildman–Crippen MR) is 221 cm³/mol. The van der Waals surface area contributed by atoms with Crippen molar-refractivity contribution in [3.8, 4) is 0 Å². The summed E-state index contributed by atoms with van der Waals surface area (Å²) in [4.78, 5) is 40.3. The fourth-order valence-corrected chi connectivity index (χ4v) is 12.0. The summed E-state index contributed by atoms with van der Waals surface area (Å²) >= 11 is 0. The van der Waals surface area contributed by atoms with Gasteiger partial charge in [0.2, 0.25) is 11.4 Å². The van der Waals surface area contributed by atoms with Crippen molar-refractivity contribution < 1.29 is 33.4 Å². The van der Waals surface area contributed by atoms with Gasteiger partial charge in [0, 0.05) is 30.0 Å². The van der Waals surface area contributed by atoms with Crippen LogP contribution in [0.5, 0.6) is 0 Å². The summed E-state index contributed by atoms with van der Waals surface area (Å²) in [5.41, 5.74) is 15.2. The van der Waals surface area contributed by atoms with Gasteiger partial charge in [0.1, 0.15) is 12.6 Å². The minimum absolute atomic E-state index is 0.0474. The lowest BCUT2D eigenvalue weighted by Crippen LogP contribution is -2.56. The molecule has 17 nitrogen and oxygen atoms in total. The lowest BCUT2D eigenvalue weighted by Gasteiger charge is -2.61. The normalized spacial score (nSPS) is 29.6. The number of carbonyl (C=O) groups excluding carboxylic acids is 2. The first-order chi connectivity index (χ1) is 28.5. The molecular weight excluding hydrogens is 759 g/mol. The molecule has 0 aliphatic heterocycles. The van der Waals surface area contributed by atoms with Crippen LogP contribution in [0.1, 0.15) is 111 Å². The Morgan fingerprint density at radius 1 is 1.00 bits per heavy atom. The zero-order valence-electron chi connectivity index (χ0n) is 35.1. The fraction of sp³-hybridized carbons (Fsp3) is 0.810. The maximum atomic E-state index is 14.0. The highest BCUT2D eigenvalue weighted by molar-refractivity contribution is 5.95. The molecule has 2 aromatic rings. The average Bonchev–Trinajstić information content (AvgIpc) is 3.86. The third-order valence-corrected chi connectivity index (χ3v) is 15.0. The summed E-state index contributed by atoms with van der Waals surface area (Å²) in [6.45, 7) is 9.97. The molecule has 326 valence electrons. The Morgan fingerprint density at radius 3 is 2.53 bits per heavy atom. The topological polar surface area (TPSA) is 243 Å². The number of aromatic nitrogens is 2. The van der Waals surface area contributed by atoms with Crippen LogP contribution in [-0.2, 0) is 23.8 Å². The highest BCUT2D eigenvalue weighted by atomic mass is 16.6. The number of anilines is 1. The Bertz CT molecular complexity index is 1790. The van der Waals surface area contributed by atoms with Gasteiger partial charge in [-0.2, -0.15) is 0 Å². The Labute approximate surface area is 346 Å². The third kappa shape index (κ3) is 10.3. The maximum absolute atomic E-state index is 14.0. The Balaban J connectivity index is 0.978. The van der Waals surface area contributed by atoms with Gasteiger partial charge in [0.05, 0.1) is 37.0 Å². The molecule has 17 heteroatoms. The number of nitro groups is 1. The first-order valence-corrected chi connectivity index (χ1v) is 22.0. The lowest BCUT2D eigenvalue weighted by molar-refractivity contribution is -0.383. The average molecular weight is 824 g/mol. The van der Waals surface area contributed by atoms with Crippen molar-refractivity contribution >= 4 is 34.3 Å². The van der Waals surface area contributed by atoms with E-state index in [9.17, 15) is 19.7 Å². The molecule has 4 aliphatic rings. The molecule has 1 heterocycles. The van der Waals surface area contributed by atoms with Gasteiger partial charge in [0.25, 0.3) is 0 Å². The molecule has 0 saturated heterocycles. The number of hydrogen-bond donors (Lipinski definition) is 3. The van der Waals surface area contributed by atoms with Crippen LogP contribution in [-0.4, -0.2) is 85.3 Å². The second-order valence-corrected chi connectivity index (χ2v) is 18.1. The monoisotopic (exact) mass is 823 g/mol. The smallest absolute Gasteiger partial charge is 0.305 e. The van der Waals surface area contributed by atoms with Gasteiger partial charge in [-0.25, -0.2) is 4.63 Å². The van der Waals surface area contributed by atoms with Gasteiger partial charge < -0.3 is 30.6 Å². The van der Waals surface area contributed by atoms with Crippen molar-refractivity contribution in [2.24, 2.45) is 57.2 Å². The van der Waals surface area contributed by atoms with E-state index in [-0.39, 0.29) is 46.7 Å². The van der Waals surface area contributed by atoms with E-state index >= 15 is 0 Å². The molecule has 1 aromatic carbocycles. The Morgan fingerprint density at radius 2 is 1.75 bits per heavy atom. The first-order valence-electron chi connectivity index (χ1n) is 22.0. The predicted octanol–water partition coefficient (Wildman–Crippen LogP) is 7.49. The maximum Gasteiger partial charge on any atom is 0.305 e. The summed E-state index contributed by atoms with van der Waals surface area (Å²) in [5.74, 6) is 3.50. The number of nitrogens with one attached hydrogen (secondary N) is 2. The molecule has 1 amide bonds. The van der Waals surface area contributed by atoms with Crippen molar-refractivity contribution in [3.05, 3.63) is 32.7 Å². The van der Waals surface area contributed by atoms with E-state index in [0.717, 1.165) is 44.4 Å². The number of fused-ring (bicyclic) bond motifs is 6. The molecule has 59 heavy (non-hydrogen) atoms. The van der Waals surface area contributed by atoms with E-state index in [1.807, 2.05) is 0 Å². The molecule has 10 atom stereocenters. The quantitative estimate of drug-likeness (QED) is 0.0199. The van der Waals surface area contributed by atoms with Crippen molar-refractivity contribution in [2.75, 3.05) is 51.4 Å². The number of ether oxygens (including phenoxy) is 3. The van der Waals surface area contributed by atoms with Crippen LogP contribution < -0.4 is 16.4 Å². The number of non-ortho nitro benzene ring substituents is 1. The minimum Gasteiger partial charge on any atom is -0.463 e. The highest BCUT2D eigenvalue weighted by Gasteiger charge is 2.60. The van der Waals surface area contributed by atoms with E-state index in [1.165, 1.54) is 44.6 Å². The van der Waals surface area contributed by atoms with E-state index < -0.39 is 11.0 Å². The number of amides is 1. The number of nitro benzene ring substituents is 1. The molecular formula is C42H65N9O8. The summed E-state index contributed by atoms with van der Waals surface area (Å²) in [7, 11) is 0. The standard InChI is InChI=1S/C42H65N9O8/c1-27(7-14-37(52)58-25-24-57-23-22-56-21-20-45-50-44)31-10-11-32-30-9-8-28-26-29(15-17-41(28,2)33(30)16-18-42(31,32)3)46-40(53)35(6-4-5-19-43)47-34-12-13-36(51(54)55)39-38(34)48-59-49-39/h12-13,27-33,35,47H,4-11,14-26,43H2,1-3H3,(H,46,53)/t27-,28-,29-,30?,31?,32?,33?,35+,41+,42-/m1/s1. The van der Waals surface area contributed by atoms with Crippen molar-refractivity contribution in [3.63, 3.8) is 0 Å². The van der Waals surface area contributed by atoms with Gasteiger partial charge in [-0.1, -0.05) is 25.9 Å². The number of esters is 1. The number of benzene rings is 1. The second-order valence-electron chi connectivity index (χ2n) is 18.1. The summed E-state index contributed by atoms with van der Waals surface area (Å²) < 4.78 is 21.1. The van der Waals surface area contributed by atoms with E-state index in [2.05, 4.69) is 51.7 Å². The van der Waals surface area contributed by atoms with Crippen LogP contribution >= 0.6 is 0 Å². The van der Waals surface area contributed by atoms with Gasteiger partial charge in [0.15, 0.2) is 5.52 Å². The molecule has 0 bridgehead atoms. The Hall–Kier alpha value is -4.05. The number of azide groups is 1. The molecule has 4 unspecified atom stereocenters. The summed E-state index contributed by atoms with van der Waals surface area (Å²) in [6.07, 6.45) is 13.8. The lowest BCUT2D eigenvalue weighted by atomic mass is 9.44. The van der Waals surface area contributed by atoms with Gasteiger partial charge in [-0.05, 0) is 158 Å². The van der Waals surface area contributed by atoms with Crippen molar-refractivity contribution in [1.29, 1.82) is 0 Å². The third-order valence-electron chi connectivity index (χ3n) is 15.0. The molecule has 4 saturated carbocycles. The minimum atomic E-state index is -0.564. The van der Waals surface area contributed by atoms with Crippen LogP contribution in [0.4, 0.5) is 11.4 Å². The number of nitrogens with two attached hydrogens (primary N) is 1. The number of nitrogens with zero attached hydrogens (tertiary/aromatic N) is 6. The zero-order valence-corrected chi connectivity index (χ0v) is 35.1. The second kappa shape index (κ2) is 20.5. The number of rotatable bonds is 22.